The molecule has 2 N–H and O–H groups in total. The monoisotopic (exact) mass is 274 g/mol. The Hall–Kier alpha value is -2.30. The second kappa shape index (κ2) is 6.23. The number of rotatable bonds is 5. The number of fused-ring (bicyclic) bond motifs is 1. The fourth-order valence-electron chi connectivity index (χ4n) is 2.10. The summed E-state index contributed by atoms with van der Waals surface area (Å²) in [6, 6.07) is 5.44. The van der Waals surface area contributed by atoms with Crippen LogP contribution in [0.15, 0.2) is 24.4 Å². The van der Waals surface area contributed by atoms with Crippen LogP contribution >= 0.6 is 0 Å². The van der Waals surface area contributed by atoms with E-state index >= 15 is 0 Å². The molecule has 20 heavy (non-hydrogen) atoms. The van der Waals surface area contributed by atoms with Crippen molar-refractivity contribution < 1.29 is 14.3 Å². The van der Waals surface area contributed by atoms with Crippen molar-refractivity contribution in [1.82, 2.24) is 10.3 Å². The smallest absolute Gasteiger partial charge is 0.338 e. The van der Waals surface area contributed by atoms with E-state index in [-0.39, 0.29) is 11.9 Å². The topological polar surface area (TPSA) is 71.2 Å². The van der Waals surface area contributed by atoms with Gasteiger partial charge in [-0.3, -0.25) is 4.79 Å². The van der Waals surface area contributed by atoms with Gasteiger partial charge in [0, 0.05) is 30.6 Å². The quantitative estimate of drug-likeness (QED) is 0.819. The standard InChI is InChI=1S/C15H18N2O3/c1-3-20-15(19)11-4-5-14-13(8-11)12(9-17-14)6-7-16-10(2)18/h4-5,8-9,17H,3,6-7H2,1-2H3,(H,16,18). The van der Waals surface area contributed by atoms with Crippen molar-refractivity contribution >= 4 is 22.8 Å². The minimum Gasteiger partial charge on any atom is -0.462 e. The molecular formula is C15H18N2O3. The van der Waals surface area contributed by atoms with Crippen LogP contribution in [-0.4, -0.2) is 30.0 Å². The summed E-state index contributed by atoms with van der Waals surface area (Å²) in [5.74, 6) is -0.361. The van der Waals surface area contributed by atoms with E-state index in [2.05, 4.69) is 10.3 Å². The number of hydrogen-bond acceptors (Lipinski definition) is 3. The van der Waals surface area contributed by atoms with Gasteiger partial charge >= 0.3 is 5.97 Å². The van der Waals surface area contributed by atoms with Gasteiger partial charge in [0.25, 0.3) is 0 Å². The molecule has 0 aliphatic heterocycles. The van der Waals surface area contributed by atoms with Crippen LogP contribution in [0.25, 0.3) is 10.9 Å². The number of carbonyl (C=O) groups excluding carboxylic acids is 2. The molecule has 0 aliphatic carbocycles. The first-order chi connectivity index (χ1) is 9.61. The van der Waals surface area contributed by atoms with Crippen molar-refractivity contribution in [3.63, 3.8) is 0 Å². The predicted octanol–water partition coefficient (Wildman–Crippen LogP) is 2.02. The summed E-state index contributed by atoms with van der Waals surface area (Å²) in [6.45, 7) is 4.21. The molecule has 5 nitrogen and oxygen atoms in total. The number of aromatic amines is 1. The number of esters is 1. The molecule has 0 unspecified atom stereocenters. The van der Waals surface area contributed by atoms with E-state index < -0.39 is 0 Å². The minimum atomic E-state index is -0.316. The second-order valence-corrected chi connectivity index (χ2v) is 4.53. The van der Waals surface area contributed by atoms with E-state index in [0.717, 1.165) is 16.5 Å². The molecule has 0 aliphatic rings. The van der Waals surface area contributed by atoms with Crippen molar-refractivity contribution in [1.29, 1.82) is 0 Å². The molecule has 1 aromatic carbocycles. The molecule has 2 aromatic rings. The number of hydrogen-bond donors (Lipinski definition) is 2. The van der Waals surface area contributed by atoms with E-state index in [9.17, 15) is 9.59 Å². The summed E-state index contributed by atoms with van der Waals surface area (Å²) in [5, 5.41) is 3.75. The van der Waals surface area contributed by atoms with Gasteiger partial charge in [-0.2, -0.15) is 0 Å². The zero-order chi connectivity index (χ0) is 14.5. The molecule has 5 heteroatoms. The Kier molecular flexibility index (Phi) is 4.40. The number of aromatic nitrogens is 1. The van der Waals surface area contributed by atoms with Crippen molar-refractivity contribution in [2.45, 2.75) is 20.3 Å². The third-order valence-electron chi connectivity index (χ3n) is 3.05. The van der Waals surface area contributed by atoms with Crippen LogP contribution < -0.4 is 5.32 Å². The van der Waals surface area contributed by atoms with Gasteiger partial charge in [-0.15, -0.1) is 0 Å². The number of amides is 1. The first kappa shape index (κ1) is 14.1. The maximum Gasteiger partial charge on any atom is 0.338 e. The highest BCUT2D eigenvalue weighted by Gasteiger charge is 2.10. The van der Waals surface area contributed by atoms with Gasteiger partial charge < -0.3 is 15.0 Å². The van der Waals surface area contributed by atoms with Crippen LogP contribution in [0.4, 0.5) is 0 Å². The van der Waals surface area contributed by atoms with E-state index in [1.54, 1.807) is 13.0 Å². The van der Waals surface area contributed by atoms with Crippen molar-refractivity contribution in [3.05, 3.63) is 35.5 Å². The summed E-state index contributed by atoms with van der Waals surface area (Å²) in [4.78, 5) is 25.8. The van der Waals surface area contributed by atoms with Gasteiger partial charge in [0.15, 0.2) is 0 Å². The van der Waals surface area contributed by atoms with Gasteiger partial charge in [0.2, 0.25) is 5.91 Å². The molecule has 1 aromatic heterocycles. The predicted molar refractivity (Wildman–Crippen MR) is 76.6 cm³/mol. The summed E-state index contributed by atoms with van der Waals surface area (Å²) < 4.78 is 5.00. The number of H-pyrrole nitrogens is 1. The fourth-order valence-corrected chi connectivity index (χ4v) is 2.10. The number of carbonyl (C=O) groups is 2. The number of ether oxygens (including phenoxy) is 1. The lowest BCUT2D eigenvalue weighted by Crippen LogP contribution is -2.22. The zero-order valence-electron chi connectivity index (χ0n) is 11.7. The molecule has 0 saturated heterocycles. The highest BCUT2D eigenvalue weighted by Crippen LogP contribution is 2.20. The largest absolute Gasteiger partial charge is 0.462 e. The lowest BCUT2D eigenvalue weighted by molar-refractivity contribution is -0.118. The van der Waals surface area contributed by atoms with E-state index in [1.165, 1.54) is 6.92 Å². The Morgan fingerprint density at radius 3 is 2.85 bits per heavy atom. The number of benzene rings is 1. The molecule has 0 radical (unpaired) electrons. The van der Waals surface area contributed by atoms with Crippen LogP contribution in [0, 0.1) is 0 Å². The molecule has 0 atom stereocenters. The average molecular weight is 274 g/mol. The van der Waals surface area contributed by atoms with Crippen LogP contribution in [0.2, 0.25) is 0 Å². The first-order valence-corrected chi connectivity index (χ1v) is 6.63. The highest BCUT2D eigenvalue weighted by molar-refractivity contribution is 5.95. The molecule has 1 amide bonds. The van der Waals surface area contributed by atoms with E-state index in [1.807, 2.05) is 18.3 Å². The molecule has 0 fully saturated rings. The number of nitrogens with one attached hydrogen (secondary N) is 2. The van der Waals surface area contributed by atoms with Gasteiger partial charge in [0.1, 0.15) is 0 Å². The zero-order valence-corrected chi connectivity index (χ0v) is 11.7. The molecule has 2 rings (SSSR count). The fraction of sp³-hybridized carbons (Fsp3) is 0.333. The average Bonchev–Trinajstić information content (AvgIpc) is 2.81. The van der Waals surface area contributed by atoms with Crippen molar-refractivity contribution in [3.8, 4) is 0 Å². The highest BCUT2D eigenvalue weighted by atomic mass is 16.5. The summed E-state index contributed by atoms with van der Waals surface area (Å²) in [7, 11) is 0. The van der Waals surface area contributed by atoms with E-state index in [4.69, 9.17) is 4.74 Å². The Morgan fingerprint density at radius 2 is 2.15 bits per heavy atom. The lowest BCUT2D eigenvalue weighted by Gasteiger charge is -2.04. The van der Waals surface area contributed by atoms with Crippen LogP contribution in [-0.2, 0) is 16.0 Å². The van der Waals surface area contributed by atoms with Gasteiger partial charge in [0.05, 0.1) is 12.2 Å². The summed E-state index contributed by atoms with van der Waals surface area (Å²) in [5.41, 5.74) is 2.58. The minimum absolute atomic E-state index is 0.0444. The second-order valence-electron chi connectivity index (χ2n) is 4.53. The Balaban J connectivity index is 2.21. The van der Waals surface area contributed by atoms with Crippen molar-refractivity contribution in [2.24, 2.45) is 0 Å². The summed E-state index contributed by atoms with van der Waals surface area (Å²) in [6.07, 6.45) is 2.62. The van der Waals surface area contributed by atoms with Crippen LogP contribution in [0.5, 0.6) is 0 Å². The third kappa shape index (κ3) is 3.17. The summed E-state index contributed by atoms with van der Waals surface area (Å²) >= 11 is 0. The Labute approximate surface area is 117 Å². The normalized spacial score (nSPS) is 10.5. The van der Waals surface area contributed by atoms with Gasteiger partial charge in [-0.1, -0.05) is 0 Å². The molecular weight excluding hydrogens is 256 g/mol. The maximum atomic E-state index is 11.7. The molecule has 1 heterocycles. The lowest BCUT2D eigenvalue weighted by atomic mass is 10.1. The third-order valence-corrected chi connectivity index (χ3v) is 3.05. The van der Waals surface area contributed by atoms with Gasteiger partial charge in [-0.05, 0) is 37.1 Å². The first-order valence-electron chi connectivity index (χ1n) is 6.63. The molecule has 0 spiro atoms. The van der Waals surface area contributed by atoms with Crippen molar-refractivity contribution in [2.75, 3.05) is 13.2 Å². The van der Waals surface area contributed by atoms with Gasteiger partial charge in [-0.25, -0.2) is 4.79 Å². The SMILES string of the molecule is CCOC(=O)c1ccc2[nH]cc(CCNC(C)=O)c2c1. The Morgan fingerprint density at radius 1 is 1.35 bits per heavy atom. The Bertz CT molecular complexity index is 631. The molecule has 0 bridgehead atoms. The van der Waals surface area contributed by atoms with Crippen LogP contribution in [0.3, 0.4) is 0 Å². The molecule has 106 valence electrons. The van der Waals surface area contributed by atoms with Crippen LogP contribution in [0.1, 0.15) is 29.8 Å². The maximum absolute atomic E-state index is 11.7. The van der Waals surface area contributed by atoms with E-state index in [0.29, 0.717) is 25.1 Å². The molecule has 0 saturated carbocycles.